The van der Waals surface area contributed by atoms with E-state index < -0.39 is 5.92 Å². The van der Waals surface area contributed by atoms with Crippen LogP contribution in [0.25, 0.3) is 0 Å². The minimum atomic E-state index is -0.445. The molecule has 0 saturated heterocycles. The lowest BCUT2D eigenvalue weighted by molar-refractivity contribution is -0.135. The van der Waals surface area contributed by atoms with Gasteiger partial charge in [-0.05, 0) is 37.5 Å². The molecule has 1 atom stereocenters. The number of hydrogen-bond acceptors (Lipinski definition) is 2. The van der Waals surface area contributed by atoms with Gasteiger partial charge in [-0.1, -0.05) is 13.8 Å². The molecule has 0 bridgehead atoms. The van der Waals surface area contributed by atoms with Crippen molar-refractivity contribution >= 4 is 5.91 Å². The lowest BCUT2D eigenvalue weighted by Gasteiger charge is -2.26. The molecule has 0 spiro atoms. The molecule has 0 radical (unpaired) electrons. The number of carbonyl (C=O) groups is 1. The molecule has 2 saturated carbocycles. The maximum atomic E-state index is 12.3. The maximum absolute atomic E-state index is 12.3. The summed E-state index contributed by atoms with van der Waals surface area (Å²) in [6.07, 6.45) is 4.79. The second-order valence-corrected chi connectivity index (χ2v) is 5.52. The van der Waals surface area contributed by atoms with Crippen LogP contribution in [0.2, 0.25) is 0 Å². The van der Waals surface area contributed by atoms with Crippen molar-refractivity contribution in [3.05, 3.63) is 0 Å². The van der Waals surface area contributed by atoms with Crippen LogP contribution in [0, 0.1) is 29.1 Å². The van der Waals surface area contributed by atoms with Crippen molar-refractivity contribution in [2.75, 3.05) is 6.54 Å². The van der Waals surface area contributed by atoms with Crippen LogP contribution >= 0.6 is 0 Å². The summed E-state index contributed by atoms with van der Waals surface area (Å²) < 4.78 is 0. The summed E-state index contributed by atoms with van der Waals surface area (Å²) in [5.41, 5.74) is 0. The second kappa shape index (κ2) is 4.45. The van der Waals surface area contributed by atoms with Crippen LogP contribution < -0.4 is 0 Å². The van der Waals surface area contributed by atoms with Crippen LogP contribution in [0.5, 0.6) is 0 Å². The van der Waals surface area contributed by atoms with Crippen LogP contribution in [0.15, 0.2) is 0 Å². The van der Waals surface area contributed by atoms with Gasteiger partial charge in [0.05, 0.1) is 6.07 Å². The largest absolute Gasteiger partial charge is 0.338 e. The van der Waals surface area contributed by atoms with E-state index in [1.807, 2.05) is 18.7 Å². The van der Waals surface area contributed by atoms with Gasteiger partial charge in [-0.25, -0.2) is 0 Å². The van der Waals surface area contributed by atoms with E-state index in [0.29, 0.717) is 6.04 Å². The number of hydrogen-bond donors (Lipinski definition) is 0. The summed E-state index contributed by atoms with van der Waals surface area (Å²) in [5.74, 6) is 0.472. The van der Waals surface area contributed by atoms with Gasteiger partial charge in [0.1, 0.15) is 5.92 Å². The Labute approximate surface area is 97.4 Å². The molecule has 3 nitrogen and oxygen atoms in total. The highest BCUT2D eigenvalue weighted by molar-refractivity contribution is 5.82. The zero-order valence-corrected chi connectivity index (χ0v) is 10.1. The first kappa shape index (κ1) is 11.4. The highest BCUT2D eigenvalue weighted by atomic mass is 16.2. The third-order valence-corrected chi connectivity index (χ3v) is 3.49. The van der Waals surface area contributed by atoms with Gasteiger partial charge in [0.2, 0.25) is 5.91 Å². The Morgan fingerprint density at radius 2 is 2.00 bits per heavy atom. The van der Waals surface area contributed by atoms with E-state index in [-0.39, 0.29) is 11.8 Å². The highest BCUT2D eigenvalue weighted by Crippen LogP contribution is 2.36. The van der Waals surface area contributed by atoms with Gasteiger partial charge in [0.15, 0.2) is 0 Å². The fourth-order valence-corrected chi connectivity index (χ4v) is 2.05. The van der Waals surface area contributed by atoms with Crippen LogP contribution in [0.1, 0.15) is 39.5 Å². The minimum absolute atomic E-state index is 0.0758. The average Bonchev–Trinajstić information content (AvgIpc) is 3.08. The Hall–Kier alpha value is -1.04. The van der Waals surface area contributed by atoms with Gasteiger partial charge in [-0.2, -0.15) is 5.26 Å². The van der Waals surface area contributed by atoms with Crippen molar-refractivity contribution in [1.82, 2.24) is 4.90 Å². The lowest BCUT2D eigenvalue weighted by atomic mass is 9.95. The summed E-state index contributed by atoms with van der Waals surface area (Å²) in [6, 6.07) is 2.61. The van der Waals surface area contributed by atoms with Gasteiger partial charge in [0, 0.05) is 12.6 Å². The fraction of sp³-hybridized carbons (Fsp3) is 0.846. The molecule has 0 aromatic heterocycles. The summed E-state index contributed by atoms with van der Waals surface area (Å²) >= 11 is 0. The standard InChI is InChI=1S/C13H20N2O/c1-9(2)12(7-14)13(16)15(11-5-6-11)8-10-3-4-10/h9-12H,3-6,8H2,1-2H3. The summed E-state index contributed by atoms with van der Waals surface area (Å²) in [7, 11) is 0. The predicted octanol–water partition coefficient (Wildman–Crippen LogP) is 2.18. The van der Waals surface area contributed by atoms with Gasteiger partial charge in [-0.15, -0.1) is 0 Å². The van der Waals surface area contributed by atoms with Crippen molar-refractivity contribution in [2.24, 2.45) is 17.8 Å². The number of amides is 1. The molecular formula is C13H20N2O. The smallest absolute Gasteiger partial charge is 0.240 e. The van der Waals surface area contributed by atoms with E-state index >= 15 is 0 Å². The highest BCUT2D eigenvalue weighted by Gasteiger charge is 2.39. The van der Waals surface area contributed by atoms with Gasteiger partial charge >= 0.3 is 0 Å². The lowest BCUT2D eigenvalue weighted by Crippen LogP contribution is -2.40. The first-order chi connectivity index (χ1) is 7.63. The number of carbonyl (C=O) groups excluding carboxylic acids is 1. The molecule has 2 fully saturated rings. The van der Waals surface area contributed by atoms with E-state index in [1.165, 1.54) is 12.8 Å². The molecule has 16 heavy (non-hydrogen) atoms. The quantitative estimate of drug-likeness (QED) is 0.712. The molecule has 3 heteroatoms. The zero-order valence-electron chi connectivity index (χ0n) is 10.1. The van der Waals surface area contributed by atoms with Gasteiger partial charge in [-0.3, -0.25) is 4.79 Å². The second-order valence-electron chi connectivity index (χ2n) is 5.52. The average molecular weight is 220 g/mol. The van der Waals surface area contributed by atoms with Gasteiger partial charge < -0.3 is 4.90 Å². The molecule has 88 valence electrons. The third-order valence-electron chi connectivity index (χ3n) is 3.49. The summed E-state index contributed by atoms with van der Waals surface area (Å²) in [6.45, 7) is 4.80. The molecule has 0 aliphatic heterocycles. The predicted molar refractivity (Wildman–Crippen MR) is 61.4 cm³/mol. The molecule has 0 N–H and O–H groups in total. The van der Waals surface area contributed by atoms with E-state index in [4.69, 9.17) is 5.26 Å². The third kappa shape index (κ3) is 2.55. The molecule has 0 heterocycles. The van der Waals surface area contributed by atoms with Crippen LogP contribution in [0.4, 0.5) is 0 Å². The van der Waals surface area contributed by atoms with Crippen molar-refractivity contribution in [3.63, 3.8) is 0 Å². The molecule has 1 unspecified atom stereocenters. The number of nitrogens with zero attached hydrogens (tertiary/aromatic N) is 2. The minimum Gasteiger partial charge on any atom is -0.338 e. The fourth-order valence-electron chi connectivity index (χ4n) is 2.05. The number of rotatable bonds is 5. The van der Waals surface area contributed by atoms with Crippen molar-refractivity contribution in [3.8, 4) is 6.07 Å². The monoisotopic (exact) mass is 220 g/mol. The summed E-state index contributed by atoms with van der Waals surface area (Å²) in [4.78, 5) is 14.3. The van der Waals surface area contributed by atoms with Crippen LogP contribution in [-0.4, -0.2) is 23.4 Å². The SMILES string of the molecule is CC(C)C(C#N)C(=O)N(CC1CC1)C1CC1. The molecule has 0 aromatic rings. The number of nitriles is 1. The summed E-state index contributed by atoms with van der Waals surface area (Å²) in [5, 5.41) is 9.07. The molecule has 2 aliphatic rings. The topological polar surface area (TPSA) is 44.1 Å². The van der Waals surface area contributed by atoms with Gasteiger partial charge in [0.25, 0.3) is 0 Å². The Balaban J connectivity index is 2.00. The molecule has 1 amide bonds. The first-order valence-electron chi connectivity index (χ1n) is 6.33. The Morgan fingerprint density at radius 1 is 1.38 bits per heavy atom. The van der Waals surface area contributed by atoms with Crippen molar-refractivity contribution < 1.29 is 4.79 Å². The van der Waals surface area contributed by atoms with Crippen molar-refractivity contribution in [1.29, 1.82) is 5.26 Å². The van der Waals surface area contributed by atoms with Crippen LogP contribution in [-0.2, 0) is 4.79 Å². The van der Waals surface area contributed by atoms with E-state index in [2.05, 4.69) is 6.07 Å². The Bertz CT molecular complexity index is 310. The normalized spacial score (nSPS) is 21.6. The van der Waals surface area contributed by atoms with E-state index in [1.54, 1.807) is 0 Å². The van der Waals surface area contributed by atoms with Crippen LogP contribution in [0.3, 0.4) is 0 Å². The van der Waals surface area contributed by atoms with E-state index in [0.717, 1.165) is 25.3 Å². The maximum Gasteiger partial charge on any atom is 0.240 e. The van der Waals surface area contributed by atoms with E-state index in [9.17, 15) is 4.79 Å². The molecule has 2 aliphatic carbocycles. The molecule has 2 rings (SSSR count). The molecule has 0 aromatic carbocycles. The molecular weight excluding hydrogens is 200 g/mol. The zero-order chi connectivity index (χ0) is 11.7. The first-order valence-corrected chi connectivity index (χ1v) is 6.33. The Kier molecular flexibility index (Phi) is 3.18. The van der Waals surface area contributed by atoms with Crippen molar-refractivity contribution in [2.45, 2.75) is 45.6 Å². The Morgan fingerprint density at radius 3 is 2.38 bits per heavy atom.